The van der Waals surface area contributed by atoms with E-state index < -0.39 is 11.8 Å². The fourth-order valence-corrected chi connectivity index (χ4v) is 1.86. The minimum atomic E-state index is -1.19. The van der Waals surface area contributed by atoms with E-state index in [9.17, 15) is 9.18 Å². The molecule has 0 unspecified atom stereocenters. The molecular formula is C11H8ClFN2O2. The fourth-order valence-electron chi connectivity index (χ4n) is 1.59. The van der Waals surface area contributed by atoms with Gasteiger partial charge in [-0.15, -0.1) is 0 Å². The van der Waals surface area contributed by atoms with E-state index in [0.29, 0.717) is 16.3 Å². The van der Waals surface area contributed by atoms with Crippen molar-refractivity contribution in [3.8, 4) is 11.3 Å². The first kappa shape index (κ1) is 11.6. The van der Waals surface area contributed by atoms with E-state index in [-0.39, 0.29) is 5.56 Å². The Morgan fingerprint density at radius 1 is 1.47 bits per heavy atom. The van der Waals surface area contributed by atoms with Crippen LogP contribution in [0.5, 0.6) is 0 Å². The highest BCUT2D eigenvalue weighted by Gasteiger charge is 2.13. The summed E-state index contributed by atoms with van der Waals surface area (Å²) in [6, 6.07) is 3.53. The van der Waals surface area contributed by atoms with Crippen LogP contribution in [0.15, 0.2) is 24.4 Å². The van der Waals surface area contributed by atoms with Gasteiger partial charge in [0.15, 0.2) is 0 Å². The quantitative estimate of drug-likeness (QED) is 0.896. The number of aromatic carboxylic acids is 1. The lowest BCUT2D eigenvalue weighted by atomic mass is 10.1. The molecule has 1 N–H and O–H groups in total. The molecule has 1 aromatic heterocycles. The Hall–Kier alpha value is -1.88. The molecule has 0 bridgehead atoms. The van der Waals surface area contributed by atoms with Crippen molar-refractivity contribution in [3.63, 3.8) is 0 Å². The highest BCUT2D eigenvalue weighted by Crippen LogP contribution is 2.28. The van der Waals surface area contributed by atoms with Gasteiger partial charge in [-0.05, 0) is 18.2 Å². The summed E-state index contributed by atoms with van der Waals surface area (Å²) in [6.07, 6.45) is 1.42. The summed E-state index contributed by atoms with van der Waals surface area (Å²) in [5.41, 5.74) is 0.735. The van der Waals surface area contributed by atoms with Gasteiger partial charge in [0.05, 0.1) is 22.5 Å². The van der Waals surface area contributed by atoms with Gasteiger partial charge in [-0.2, -0.15) is 5.10 Å². The maximum Gasteiger partial charge on any atom is 0.335 e. The molecular weight excluding hydrogens is 247 g/mol. The van der Waals surface area contributed by atoms with E-state index in [1.807, 2.05) is 0 Å². The molecule has 0 aliphatic heterocycles. The third-order valence-electron chi connectivity index (χ3n) is 2.31. The summed E-state index contributed by atoms with van der Waals surface area (Å²) in [6.45, 7) is 0. The van der Waals surface area contributed by atoms with Gasteiger partial charge in [0.1, 0.15) is 5.82 Å². The van der Waals surface area contributed by atoms with Gasteiger partial charge in [-0.3, -0.25) is 4.68 Å². The number of nitrogens with zero attached hydrogens (tertiary/aromatic N) is 2. The van der Waals surface area contributed by atoms with Crippen LogP contribution in [0.4, 0.5) is 4.39 Å². The van der Waals surface area contributed by atoms with Crippen molar-refractivity contribution in [2.45, 2.75) is 0 Å². The van der Waals surface area contributed by atoms with E-state index in [4.69, 9.17) is 16.7 Å². The van der Waals surface area contributed by atoms with Crippen molar-refractivity contribution in [2.75, 3.05) is 0 Å². The molecule has 0 atom stereocenters. The van der Waals surface area contributed by atoms with Crippen LogP contribution in [0.3, 0.4) is 0 Å². The van der Waals surface area contributed by atoms with E-state index in [1.165, 1.54) is 23.0 Å². The molecule has 0 saturated carbocycles. The second-order valence-corrected chi connectivity index (χ2v) is 3.91. The summed E-state index contributed by atoms with van der Waals surface area (Å²) in [5.74, 6) is -1.82. The lowest BCUT2D eigenvalue weighted by molar-refractivity contribution is 0.0696. The number of rotatable bonds is 2. The average molecular weight is 255 g/mol. The molecule has 1 heterocycles. The molecule has 4 nitrogen and oxygen atoms in total. The predicted molar refractivity (Wildman–Crippen MR) is 60.6 cm³/mol. The van der Waals surface area contributed by atoms with Gasteiger partial charge in [-0.1, -0.05) is 11.6 Å². The van der Waals surface area contributed by atoms with E-state index >= 15 is 0 Å². The minimum Gasteiger partial charge on any atom is -0.478 e. The zero-order valence-corrected chi connectivity index (χ0v) is 9.57. The second kappa shape index (κ2) is 4.18. The van der Waals surface area contributed by atoms with Crippen LogP contribution in [0, 0.1) is 5.82 Å². The second-order valence-electron chi connectivity index (χ2n) is 3.50. The minimum absolute atomic E-state index is 0.128. The van der Waals surface area contributed by atoms with E-state index in [1.54, 1.807) is 7.05 Å². The third kappa shape index (κ3) is 2.14. The standard InChI is InChI=1S/C11H8ClFN2O2/c1-15-10(9(12)5-14-15)6-2-7(11(16)17)4-8(13)3-6/h2-5H,1H3,(H,16,17). The smallest absolute Gasteiger partial charge is 0.335 e. The van der Waals surface area contributed by atoms with Gasteiger partial charge in [-0.25, -0.2) is 9.18 Å². The van der Waals surface area contributed by atoms with Crippen molar-refractivity contribution in [3.05, 3.63) is 40.8 Å². The lowest BCUT2D eigenvalue weighted by Crippen LogP contribution is -2.00. The third-order valence-corrected chi connectivity index (χ3v) is 2.59. The molecule has 1 aromatic carbocycles. The number of carboxylic acids is 1. The van der Waals surface area contributed by atoms with Gasteiger partial charge in [0, 0.05) is 12.6 Å². The Bertz CT molecular complexity index is 576. The SMILES string of the molecule is Cn1ncc(Cl)c1-c1cc(F)cc(C(=O)O)c1. The first-order valence-electron chi connectivity index (χ1n) is 4.71. The van der Waals surface area contributed by atoms with Gasteiger partial charge >= 0.3 is 5.97 Å². The van der Waals surface area contributed by atoms with Crippen molar-refractivity contribution >= 4 is 17.6 Å². The molecule has 0 aliphatic carbocycles. The van der Waals surface area contributed by atoms with Crippen molar-refractivity contribution in [1.82, 2.24) is 9.78 Å². The Balaban J connectivity index is 2.64. The first-order valence-corrected chi connectivity index (χ1v) is 5.08. The molecule has 0 saturated heterocycles. The molecule has 0 amide bonds. The Morgan fingerprint density at radius 3 is 2.71 bits per heavy atom. The monoisotopic (exact) mass is 254 g/mol. The fraction of sp³-hybridized carbons (Fsp3) is 0.0909. The van der Waals surface area contributed by atoms with Crippen LogP contribution in [-0.2, 0) is 7.05 Å². The number of benzene rings is 1. The molecule has 2 rings (SSSR count). The molecule has 88 valence electrons. The van der Waals surface area contributed by atoms with Gasteiger partial charge < -0.3 is 5.11 Å². The highest BCUT2D eigenvalue weighted by molar-refractivity contribution is 6.33. The van der Waals surface area contributed by atoms with Crippen LogP contribution >= 0.6 is 11.6 Å². The van der Waals surface area contributed by atoms with Crippen molar-refractivity contribution < 1.29 is 14.3 Å². The van der Waals surface area contributed by atoms with Crippen LogP contribution in [0.2, 0.25) is 5.02 Å². The Kier molecular flexibility index (Phi) is 2.85. The summed E-state index contributed by atoms with van der Waals surface area (Å²) in [5, 5.41) is 13.1. The molecule has 17 heavy (non-hydrogen) atoms. The van der Waals surface area contributed by atoms with Crippen molar-refractivity contribution in [1.29, 1.82) is 0 Å². The number of carboxylic acid groups (broad SMARTS) is 1. The van der Waals surface area contributed by atoms with Gasteiger partial charge in [0.2, 0.25) is 0 Å². The maximum absolute atomic E-state index is 13.3. The molecule has 0 spiro atoms. The van der Waals surface area contributed by atoms with Crippen LogP contribution in [0.25, 0.3) is 11.3 Å². The van der Waals surface area contributed by atoms with E-state index in [2.05, 4.69) is 5.10 Å². The highest BCUT2D eigenvalue weighted by atomic mass is 35.5. The molecule has 0 radical (unpaired) electrons. The number of aromatic nitrogens is 2. The number of hydrogen-bond donors (Lipinski definition) is 1. The molecule has 0 fully saturated rings. The zero-order valence-electron chi connectivity index (χ0n) is 8.82. The molecule has 6 heteroatoms. The summed E-state index contributed by atoms with van der Waals surface area (Å²) >= 11 is 5.91. The Morgan fingerprint density at radius 2 is 2.18 bits per heavy atom. The van der Waals surface area contributed by atoms with E-state index in [0.717, 1.165) is 6.07 Å². The van der Waals surface area contributed by atoms with Gasteiger partial charge in [0.25, 0.3) is 0 Å². The normalized spacial score (nSPS) is 10.5. The number of hydrogen-bond acceptors (Lipinski definition) is 2. The Labute approximate surface area is 101 Å². The maximum atomic E-state index is 13.3. The average Bonchev–Trinajstić information content (AvgIpc) is 2.57. The number of halogens is 2. The largest absolute Gasteiger partial charge is 0.478 e. The topological polar surface area (TPSA) is 55.1 Å². The number of aryl methyl sites for hydroxylation is 1. The van der Waals surface area contributed by atoms with Crippen LogP contribution < -0.4 is 0 Å². The van der Waals surface area contributed by atoms with Crippen molar-refractivity contribution in [2.24, 2.45) is 7.05 Å². The molecule has 0 aliphatic rings. The summed E-state index contributed by atoms with van der Waals surface area (Å²) in [4.78, 5) is 10.8. The lowest BCUT2D eigenvalue weighted by Gasteiger charge is -2.05. The predicted octanol–water partition coefficient (Wildman–Crippen LogP) is 2.58. The summed E-state index contributed by atoms with van der Waals surface area (Å²) < 4.78 is 14.8. The number of carbonyl (C=O) groups is 1. The first-order chi connectivity index (χ1) is 7.99. The summed E-state index contributed by atoms with van der Waals surface area (Å²) in [7, 11) is 1.65. The van der Waals surface area contributed by atoms with Crippen LogP contribution in [-0.4, -0.2) is 20.9 Å². The zero-order chi connectivity index (χ0) is 12.6. The van der Waals surface area contributed by atoms with Crippen LogP contribution in [0.1, 0.15) is 10.4 Å². The molecule has 2 aromatic rings.